The van der Waals surface area contributed by atoms with Crippen LogP contribution in [-0.2, 0) is 14.8 Å². The average molecular weight is 510 g/mol. The highest BCUT2D eigenvalue weighted by atomic mass is 35.5. The standard InChI is InChI=1S/C21H34Cl2N4O4S/c1-17(2)25-21(28)27(11-5-9-26-12-14-31-15-13-26)10-4-3-8-24-32(29,30)20-7-6-18(22)16-19(20)23/h6-7,16-17,24H,3-5,8-15H2,1-2H3,(H,25,28). The van der Waals surface area contributed by atoms with Crippen molar-refractivity contribution in [1.29, 1.82) is 0 Å². The van der Waals surface area contributed by atoms with Crippen molar-refractivity contribution in [2.24, 2.45) is 0 Å². The fourth-order valence-corrected chi connectivity index (χ4v) is 5.21. The molecular formula is C21H34Cl2N4O4S. The molecule has 1 aliphatic heterocycles. The highest BCUT2D eigenvalue weighted by Crippen LogP contribution is 2.24. The van der Waals surface area contributed by atoms with Gasteiger partial charge in [-0.25, -0.2) is 17.9 Å². The third kappa shape index (κ3) is 9.41. The Bertz CT molecular complexity index is 833. The number of ether oxygens (including phenoxy) is 1. The maximum absolute atomic E-state index is 12.6. The predicted octanol–water partition coefficient (Wildman–Crippen LogP) is 3.19. The predicted molar refractivity (Wildman–Crippen MR) is 128 cm³/mol. The van der Waals surface area contributed by atoms with Gasteiger partial charge in [0.25, 0.3) is 0 Å². The third-order valence-corrected chi connectivity index (χ3v) is 7.21. The lowest BCUT2D eigenvalue weighted by Crippen LogP contribution is -2.45. The number of nitrogens with one attached hydrogen (secondary N) is 2. The molecule has 32 heavy (non-hydrogen) atoms. The minimum absolute atomic E-state index is 0.00428. The highest BCUT2D eigenvalue weighted by molar-refractivity contribution is 7.89. The first kappa shape index (κ1) is 27.1. The van der Waals surface area contributed by atoms with Crippen LogP contribution in [0.3, 0.4) is 0 Å². The minimum Gasteiger partial charge on any atom is -0.379 e. The van der Waals surface area contributed by atoms with E-state index in [1.807, 2.05) is 18.7 Å². The van der Waals surface area contributed by atoms with Crippen molar-refractivity contribution in [1.82, 2.24) is 19.8 Å². The number of sulfonamides is 1. The number of hydrogen-bond donors (Lipinski definition) is 2. The van der Waals surface area contributed by atoms with E-state index in [2.05, 4.69) is 14.9 Å². The van der Waals surface area contributed by atoms with Crippen molar-refractivity contribution >= 4 is 39.3 Å². The van der Waals surface area contributed by atoms with E-state index in [0.29, 0.717) is 31.0 Å². The van der Waals surface area contributed by atoms with E-state index < -0.39 is 10.0 Å². The van der Waals surface area contributed by atoms with Crippen LogP contribution in [0.5, 0.6) is 0 Å². The Morgan fingerprint density at radius 2 is 1.84 bits per heavy atom. The smallest absolute Gasteiger partial charge is 0.317 e. The summed E-state index contributed by atoms with van der Waals surface area (Å²) in [4.78, 5) is 16.7. The van der Waals surface area contributed by atoms with Gasteiger partial charge in [0.2, 0.25) is 10.0 Å². The van der Waals surface area contributed by atoms with E-state index in [9.17, 15) is 13.2 Å². The Hall–Kier alpha value is -1.10. The van der Waals surface area contributed by atoms with Crippen LogP contribution in [0.2, 0.25) is 10.0 Å². The molecule has 2 rings (SSSR count). The zero-order chi connectivity index (χ0) is 23.6. The quantitative estimate of drug-likeness (QED) is 0.423. The molecule has 0 saturated carbocycles. The molecule has 1 heterocycles. The lowest BCUT2D eigenvalue weighted by atomic mass is 10.2. The average Bonchev–Trinajstić information content (AvgIpc) is 2.72. The summed E-state index contributed by atoms with van der Waals surface area (Å²) >= 11 is 11.8. The SMILES string of the molecule is CC(C)NC(=O)N(CCCCNS(=O)(=O)c1ccc(Cl)cc1Cl)CCCN1CCOCC1. The largest absolute Gasteiger partial charge is 0.379 e. The fraction of sp³-hybridized carbons (Fsp3) is 0.667. The second-order valence-corrected chi connectivity index (χ2v) is 10.7. The molecule has 1 aromatic rings. The van der Waals surface area contributed by atoms with Crippen LogP contribution in [0, 0.1) is 0 Å². The molecule has 0 bridgehead atoms. The van der Waals surface area contributed by atoms with Gasteiger partial charge in [0, 0.05) is 50.3 Å². The molecule has 0 atom stereocenters. The monoisotopic (exact) mass is 508 g/mol. The Kier molecular flexibility index (Phi) is 11.5. The van der Waals surface area contributed by atoms with Crippen LogP contribution in [0.1, 0.15) is 33.1 Å². The first-order chi connectivity index (χ1) is 15.2. The molecule has 182 valence electrons. The van der Waals surface area contributed by atoms with Gasteiger partial charge >= 0.3 is 6.03 Å². The van der Waals surface area contributed by atoms with E-state index in [0.717, 1.165) is 39.3 Å². The van der Waals surface area contributed by atoms with Gasteiger partial charge in [-0.1, -0.05) is 23.2 Å². The topological polar surface area (TPSA) is 91.0 Å². The maximum atomic E-state index is 12.6. The van der Waals surface area contributed by atoms with Crippen LogP contribution < -0.4 is 10.0 Å². The Morgan fingerprint density at radius 3 is 2.50 bits per heavy atom. The van der Waals surface area contributed by atoms with Crippen LogP contribution in [0.25, 0.3) is 0 Å². The number of morpholine rings is 1. The molecule has 8 nitrogen and oxygen atoms in total. The highest BCUT2D eigenvalue weighted by Gasteiger charge is 2.18. The number of benzene rings is 1. The minimum atomic E-state index is -3.72. The Balaban J connectivity index is 1.78. The number of rotatable bonds is 12. The summed E-state index contributed by atoms with van der Waals surface area (Å²) in [6, 6.07) is 4.25. The number of nitrogens with zero attached hydrogens (tertiary/aromatic N) is 2. The van der Waals surface area contributed by atoms with Gasteiger partial charge in [0.15, 0.2) is 0 Å². The van der Waals surface area contributed by atoms with Gasteiger partial charge in [-0.3, -0.25) is 4.90 Å². The maximum Gasteiger partial charge on any atom is 0.317 e. The van der Waals surface area contributed by atoms with Gasteiger partial charge < -0.3 is 15.0 Å². The van der Waals surface area contributed by atoms with E-state index in [1.165, 1.54) is 18.2 Å². The molecule has 2 amide bonds. The zero-order valence-electron chi connectivity index (χ0n) is 18.8. The van der Waals surface area contributed by atoms with Crippen molar-refractivity contribution < 1.29 is 17.9 Å². The molecule has 1 fully saturated rings. The van der Waals surface area contributed by atoms with Gasteiger partial charge in [-0.15, -0.1) is 0 Å². The molecule has 0 spiro atoms. The second kappa shape index (κ2) is 13.6. The second-order valence-electron chi connectivity index (χ2n) is 8.08. The molecule has 0 aliphatic carbocycles. The molecule has 0 unspecified atom stereocenters. The number of carbonyl (C=O) groups excluding carboxylic acids is 1. The zero-order valence-corrected chi connectivity index (χ0v) is 21.1. The lowest BCUT2D eigenvalue weighted by molar-refractivity contribution is 0.0365. The number of halogens is 2. The number of amides is 2. The molecule has 0 radical (unpaired) electrons. The van der Waals surface area contributed by atoms with Crippen molar-refractivity contribution in [3.63, 3.8) is 0 Å². The summed E-state index contributed by atoms with van der Waals surface area (Å²) in [5, 5.41) is 3.41. The first-order valence-electron chi connectivity index (χ1n) is 11.0. The van der Waals surface area contributed by atoms with Crippen LogP contribution in [0.15, 0.2) is 23.1 Å². The van der Waals surface area contributed by atoms with Crippen LogP contribution >= 0.6 is 23.2 Å². The van der Waals surface area contributed by atoms with Gasteiger partial charge in [0.05, 0.1) is 18.2 Å². The molecule has 1 aliphatic rings. The van der Waals surface area contributed by atoms with Gasteiger partial charge in [-0.2, -0.15) is 0 Å². The summed E-state index contributed by atoms with van der Waals surface area (Å²) < 4.78 is 32.8. The molecule has 0 aromatic heterocycles. The molecule has 11 heteroatoms. The van der Waals surface area contributed by atoms with Crippen LogP contribution in [-0.4, -0.2) is 82.8 Å². The molecule has 1 saturated heterocycles. The lowest BCUT2D eigenvalue weighted by Gasteiger charge is -2.29. The summed E-state index contributed by atoms with van der Waals surface area (Å²) in [5.41, 5.74) is 0. The molecule has 1 aromatic carbocycles. The Labute approximate surface area is 201 Å². The van der Waals surface area contributed by atoms with Crippen molar-refractivity contribution in [2.75, 3.05) is 52.5 Å². The number of carbonyl (C=O) groups is 1. The van der Waals surface area contributed by atoms with E-state index in [-0.39, 0.29) is 28.5 Å². The fourth-order valence-electron chi connectivity index (χ4n) is 3.37. The summed E-state index contributed by atoms with van der Waals surface area (Å²) in [6.45, 7) is 9.63. The summed E-state index contributed by atoms with van der Waals surface area (Å²) in [7, 11) is -3.72. The first-order valence-corrected chi connectivity index (χ1v) is 13.2. The van der Waals surface area contributed by atoms with Crippen molar-refractivity contribution in [3.05, 3.63) is 28.2 Å². The van der Waals surface area contributed by atoms with Crippen molar-refractivity contribution in [2.45, 2.75) is 44.0 Å². The van der Waals surface area contributed by atoms with E-state index >= 15 is 0 Å². The van der Waals surface area contributed by atoms with E-state index in [1.54, 1.807) is 0 Å². The number of hydrogen-bond acceptors (Lipinski definition) is 5. The number of urea groups is 1. The summed E-state index contributed by atoms with van der Waals surface area (Å²) in [5.74, 6) is 0. The van der Waals surface area contributed by atoms with Crippen LogP contribution in [0.4, 0.5) is 4.79 Å². The summed E-state index contributed by atoms with van der Waals surface area (Å²) in [6.07, 6.45) is 2.16. The molecule has 2 N–H and O–H groups in total. The van der Waals surface area contributed by atoms with Gasteiger partial charge in [-0.05, 0) is 51.3 Å². The van der Waals surface area contributed by atoms with E-state index in [4.69, 9.17) is 27.9 Å². The van der Waals surface area contributed by atoms with Crippen molar-refractivity contribution in [3.8, 4) is 0 Å². The third-order valence-electron chi connectivity index (χ3n) is 5.04. The Morgan fingerprint density at radius 1 is 1.16 bits per heavy atom. The molecular weight excluding hydrogens is 475 g/mol. The number of unbranched alkanes of at least 4 members (excludes halogenated alkanes) is 1. The normalized spacial score (nSPS) is 15.2. The van der Waals surface area contributed by atoms with Gasteiger partial charge in [0.1, 0.15) is 4.90 Å².